The summed E-state index contributed by atoms with van der Waals surface area (Å²) in [7, 11) is 0. The third-order valence-electron chi connectivity index (χ3n) is 6.48. The average Bonchev–Trinajstić information content (AvgIpc) is 2.72. The van der Waals surface area contributed by atoms with Gasteiger partial charge in [-0.15, -0.1) is 0 Å². The van der Waals surface area contributed by atoms with Gasteiger partial charge in [0.05, 0.1) is 24.9 Å². The van der Waals surface area contributed by atoms with Crippen molar-refractivity contribution in [1.29, 1.82) is 0 Å². The molecule has 2 saturated heterocycles. The van der Waals surface area contributed by atoms with Crippen LogP contribution in [0.5, 0.6) is 0 Å². The van der Waals surface area contributed by atoms with Gasteiger partial charge in [-0.2, -0.15) is 0 Å². The number of fused-ring (bicyclic) bond motifs is 1. The number of nitrogens with zero attached hydrogens (tertiary/aromatic N) is 2. The summed E-state index contributed by atoms with van der Waals surface area (Å²) in [6.07, 6.45) is 1.85. The van der Waals surface area contributed by atoms with Gasteiger partial charge in [-0.1, -0.05) is 11.6 Å². The molecule has 1 aromatic carbocycles. The molecule has 0 radical (unpaired) electrons. The van der Waals surface area contributed by atoms with E-state index < -0.39 is 11.2 Å². The Kier molecular flexibility index (Phi) is 7.03. The Morgan fingerprint density at radius 2 is 1.97 bits per heavy atom. The molecule has 7 nitrogen and oxygen atoms in total. The van der Waals surface area contributed by atoms with E-state index in [1.807, 2.05) is 32.9 Å². The minimum absolute atomic E-state index is 0.253. The van der Waals surface area contributed by atoms with Crippen LogP contribution in [0.15, 0.2) is 12.1 Å². The van der Waals surface area contributed by atoms with E-state index >= 15 is 0 Å². The van der Waals surface area contributed by atoms with Crippen LogP contribution in [0.1, 0.15) is 56.3 Å². The van der Waals surface area contributed by atoms with Gasteiger partial charge in [-0.3, -0.25) is 9.80 Å². The van der Waals surface area contributed by atoms with Gasteiger partial charge in [0.15, 0.2) is 0 Å². The molecule has 0 spiro atoms. The summed E-state index contributed by atoms with van der Waals surface area (Å²) in [5.74, 6) is 0. The first-order chi connectivity index (χ1) is 15.1. The third kappa shape index (κ3) is 5.57. The zero-order valence-corrected chi connectivity index (χ0v) is 20.1. The molecule has 0 unspecified atom stereocenters. The fraction of sp³-hybridized carbons (Fsp3) is 0.708. The number of benzene rings is 1. The SMILES string of the molecule is CC(C)(C)OC(=O)N1CCOC[C@H]1c1cc(Cl)cc2c1CN(CC1(O)CCOCC1)CC2. The lowest BCUT2D eigenvalue weighted by atomic mass is 9.88. The lowest BCUT2D eigenvalue weighted by Gasteiger charge is -2.41. The molecule has 1 atom stereocenters. The van der Waals surface area contributed by atoms with Crippen molar-refractivity contribution in [3.63, 3.8) is 0 Å². The van der Waals surface area contributed by atoms with E-state index in [4.69, 9.17) is 25.8 Å². The Morgan fingerprint density at radius 3 is 2.69 bits per heavy atom. The van der Waals surface area contributed by atoms with Crippen LogP contribution >= 0.6 is 11.6 Å². The number of carbonyl (C=O) groups is 1. The van der Waals surface area contributed by atoms with Crippen molar-refractivity contribution >= 4 is 17.7 Å². The molecule has 1 N–H and O–H groups in total. The van der Waals surface area contributed by atoms with Crippen LogP contribution in [-0.2, 0) is 27.2 Å². The summed E-state index contributed by atoms with van der Waals surface area (Å²) in [5.41, 5.74) is 2.13. The number of halogens is 1. The minimum atomic E-state index is -0.709. The molecule has 0 bridgehead atoms. The van der Waals surface area contributed by atoms with Crippen LogP contribution < -0.4 is 0 Å². The maximum atomic E-state index is 13.0. The van der Waals surface area contributed by atoms with E-state index in [2.05, 4.69) is 4.90 Å². The highest BCUT2D eigenvalue weighted by Crippen LogP contribution is 2.36. The molecular formula is C24H35ClN2O5. The maximum absolute atomic E-state index is 13.0. The van der Waals surface area contributed by atoms with E-state index in [0.29, 0.717) is 63.9 Å². The van der Waals surface area contributed by atoms with Crippen LogP contribution in [0.3, 0.4) is 0 Å². The van der Waals surface area contributed by atoms with Crippen molar-refractivity contribution in [3.8, 4) is 0 Å². The molecule has 3 aliphatic rings. The fourth-order valence-electron chi connectivity index (χ4n) is 4.87. The number of β-amino-alcohol motifs (C(OH)–C–C–N with tert-alkyl or cyclic N) is 1. The Labute approximate surface area is 195 Å². The third-order valence-corrected chi connectivity index (χ3v) is 6.70. The minimum Gasteiger partial charge on any atom is -0.444 e. The van der Waals surface area contributed by atoms with Crippen molar-refractivity contribution < 1.29 is 24.1 Å². The first kappa shape index (κ1) is 23.8. The number of carbonyl (C=O) groups excluding carboxylic acids is 1. The topological polar surface area (TPSA) is 71.5 Å². The van der Waals surface area contributed by atoms with Crippen molar-refractivity contribution in [2.75, 3.05) is 46.1 Å². The number of rotatable bonds is 3. The van der Waals surface area contributed by atoms with Crippen molar-refractivity contribution in [3.05, 3.63) is 33.8 Å². The highest BCUT2D eigenvalue weighted by molar-refractivity contribution is 6.30. The normalized spacial score (nSPS) is 24.2. The second-order valence-corrected chi connectivity index (χ2v) is 10.6. The molecule has 4 rings (SSSR count). The van der Waals surface area contributed by atoms with Crippen LogP contribution in [0.25, 0.3) is 0 Å². The first-order valence-corrected chi connectivity index (χ1v) is 11.9. The molecule has 3 heterocycles. The van der Waals surface area contributed by atoms with E-state index in [-0.39, 0.29) is 12.1 Å². The van der Waals surface area contributed by atoms with E-state index in [1.54, 1.807) is 4.90 Å². The molecule has 0 aliphatic carbocycles. The smallest absolute Gasteiger partial charge is 0.410 e. The Balaban J connectivity index is 1.59. The number of aliphatic hydroxyl groups is 1. The predicted molar refractivity (Wildman–Crippen MR) is 122 cm³/mol. The molecule has 0 aromatic heterocycles. The number of morpholine rings is 1. The quantitative estimate of drug-likeness (QED) is 0.734. The summed E-state index contributed by atoms with van der Waals surface area (Å²) in [4.78, 5) is 17.1. The van der Waals surface area contributed by atoms with Gasteiger partial charge in [-0.05, 0) is 56.0 Å². The number of ether oxygens (including phenoxy) is 3. The van der Waals surface area contributed by atoms with Gasteiger partial charge in [0.2, 0.25) is 0 Å². The molecule has 0 saturated carbocycles. The second kappa shape index (κ2) is 9.47. The highest BCUT2D eigenvalue weighted by Gasteiger charge is 2.37. The van der Waals surface area contributed by atoms with Gasteiger partial charge in [0.1, 0.15) is 5.60 Å². The van der Waals surface area contributed by atoms with Crippen LogP contribution in [0.4, 0.5) is 4.79 Å². The van der Waals surface area contributed by atoms with Gasteiger partial charge in [0, 0.05) is 57.3 Å². The number of hydrogen-bond acceptors (Lipinski definition) is 6. The lowest BCUT2D eigenvalue weighted by molar-refractivity contribution is -0.0816. The number of amides is 1. The fourth-order valence-corrected chi connectivity index (χ4v) is 5.12. The second-order valence-electron chi connectivity index (χ2n) is 10.2. The van der Waals surface area contributed by atoms with E-state index in [9.17, 15) is 9.90 Å². The Hall–Kier alpha value is -1.38. The zero-order chi connectivity index (χ0) is 22.9. The Morgan fingerprint density at radius 1 is 1.22 bits per heavy atom. The Bertz CT molecular complexity index is 834. The molecule has 178 valence electrons. The van der Waals surface area contributed by atoms with Gasteiger partial charge >= 0.3 is 6.09 Å². The monoisotopic (exact) mass is 466 g/mol. The first-order valence-electron chi connectivity index (χ1n) is 11.5. The largest absolute Gasteiger partial charge is 0.444 e. The van der Waals surface area contributed by atoms with Crippen LogP contribution in [0, 0.1) is 0 Å². The molecular weight excluding hydrogens is 432 g/mol. The summed E-state index contributed by atoms with van der Waals surface area (Å²) in [5, 5.41) is 11.7. The summed E-state index contributed by atoms with van der Waals surface area (Å²) in [6, 6.07) is 3.74. The van der Waals surface area contributed by atoms with E-state index in [1.165, 1.54) is 11.1 Å². The molecule has 2 fully saturated rings. The summed E-state index contributed by atoms with van der Waals surface area (Å²) < 4.78 is 16.9. The van der Waals surface area contributed by atoms with Crippen molar-refractivity contribution in [2.24, 2.45) is 0 Å². The van der Waals surface area contributed by atoms with Gasteiger partial charge in [0.25, 0.3) is 0 Å². The maximum Gasteiger partial charge on any atom is 0.410 e. The van der Waals surface area contributed by atoms with Crippen molar-refractivity contribution in [1.82, 2.24) is 9.80 Å². The van der Waals surface area contributed by atoms with Crippen molar-refractivity contribution in [2.45, 2.75) is 63.8 Å². The van der Waals surface area contributed by atoms with Crippen LogP contribution in [-0.4, -0.2) is 78.3 Å². The summed E-state index contributed by atoms with van der Waals surface area (Å²) >= 11 is 6.51. The number of hydrogen-bond donors (Lipinski definition) is 1. The lowest BCUT2D eigenvalue weighted by Crippen LogP contribution is -2.49. The molecule has 32 heavy (non-hydrogen) atoms. The standard InChI is InChI=1S/C24H35ClN2O5/c1-23(2,3)32-22(28)27-8-11-31-15-21(27)19-13-18(25)12-17-4-7-26(14-20(17)19)16-24(29)5-9-30-10-6-24/h12-13,21,29H,4-11,14-16H2,1-3H3/t21-/m0/s1. The van der Waals surface area contributed by atoms with Gasteiger partial charge in [-0.25, -0.2) is 4.79 Å². The van der Waals surface area contributed by atoms with Crippen LogP contribution in [0.2, 0.25) is 5.02 Å². The van der Waals surface area contributed by atoms with Gasteiger partial charge < -0.3 is 19.3 Å². The molecule has 1 amide bonds. The summed E-state index contributed by atoms with van der Waals surface area (Å²) in [6.45, 7) is 10.4. The highest BCUT2D eigenvalue weighted by atomic mass is 35.5. The predicted octanol–water partition coefficient (Wildman–Crippen LogP) is 3.55. The molecule has 8 heteroatoms. The average molecular weight is 467 g/mol. The molecule has 3 aliphatic heterocycles. The zero-order valence-electron chi connectivity index (χ0n) is 19.4. The van der Waals surface area contributed by atoms with E-state index in [0.717, 1.165) is 18.5 Å². The molecule has 1 aromatic rings.